The lowest BCUT2D eigenvalue weighted by molar-refractivity contribution is 0.326. The molecule has 2 aliphatic carbocycles. The maximum atomic E-state index is 3.76. The van der Waals surface area contributed by atoms with Gasteiger partial charge in [0.1, 0.15) is 0 Å². The van der Waals surface area contributed by atoms with Gasteiger partial charge in [-0.05, 0) is 104 Å². The molecule has 0 aliphatic heterocycles. The van der Waals surface area contributed by atoms with Crippen LogP contribution in [0, 0.1) is 11.8 Å². The van der Waals surface area contributed by atoms with Crippen molar-refractivity contribution in [2.24, 2.45) is 11.8 Å². The topological polar surface area (TPSA) is 24.1 Å². The number of aryl methyl sites for hydroxylation is 1. The molecule has 2 aliphatic rings. The van der Waals surface area contributed by atoms with Crippen LogP contribution in [0.2, 0.25) is 0 Å². The van der Waals surface area contributed by atoms with Crippen LogP contribution in [0.3, 0.4) is 0 Å². The monoisotopic (exact) mass is 446 g/mol. The van der Waals surface area contributed by atoms with Gasteiger partial charge in [0.15, 0.2) is 0 Å². The average Bonchev–Trinajstić information content (AvgIpc) is 2.85. The van der Waals surface area contributed by atoms with Gasteiger partial charge in [-0.25, -0.2) is 0 Å². The van der Waals surface area contributed by atoms with E-state index in [-0.39, 0.29) is 0 Å². The zero-order valence-corrected chi connectivity index (χ0v) is 20.3. The first-order valence-electron chi connectivity index (χ1n) is 12.4. The SMILES string of the molecule is CNSc1cccc2ccccc12.c1ccc2c(c1)CCC(CNCC1CCCCC1)C2. The number of nitrogens with one attached hydrogen (secondary N) is 2. The molecule has 0 aromatic heterocycles. The summed E-state index contributed by atoms with van der Waals surface area (Å²) in [6.45, 7) is 2.49. The van der Waals surface area contributed by atoms with E-state index in [0.29, 0.717) is 0 Å². The molecule has 0 bridgehead atoms. The molecule has 3 aromatic carbocycles. The standard InChI is InChI=1S/C18H27N.C11H11NS/c1-2-6-15(7-3-1)13-19-14-16-10-11-17-8-4-5-9-18(17)12-16;1-12-13-11-8-4-6-9-5-2-3-7-10(9)11/h4-5,8-9,15-16,19H,1-3,6-7,10-14H2;2-8,12H,1H3. The molecular weight excluding hydrogens is 408 g/mol. The van der Waals surface area contributed by atoms with E-state index in [1.807, 2.05) is 7.05 Å². The Balaban J connectivity index is 0.000000165. The molecule has 1 atom stereocenters. The van der Waals surface area contributed by atoms with Crippen molar-refractivity contribution in [3.05, 3.63) is 77.9 Å². The van der Waals surface area contributed by atoms with Gasteiger partial charge in [0.05, 0.1) is 0 Å². The normalized spacial score (nSPS) is 18.6. The Labute approximate surface area is 198 Å². The zero-order chi connectivity index (χ0) is 22.0. The van der Waals surface area contributed by atoms with E-state index in [9.17, 15) is 0 Å². The molecule has 3 aromatic rings. The fourth-order valence-electron chi connectivity index (χ4n) is 5.22. The Kier molecular flexibility index (Phi) is 9.07. The summed E-state index contributed by atoms with van der Waals surface area (Å²) in [6.07, 6.45) is 11.2. The minimum atomic E-state index is 0.860. The van der Waals surface area contributed by atoms with Gasteiger partial charge in [0.25, 0.3) is 0 Å². The molecule has 0 amide bonds. The van der Waals surface area contributed by atoms with E-state index in [1.54, 1.807) is 23.1 Å². The van der Waals surface area contributed by atoms with Crippen LogP contribution in [0.15, 0.2) is 71.6 Å². The largest absolute Gasteiger partial charge is 0.316 e. The molecular formula is C29H38N2S. The van der Waals surface area contributed by atoms with Crippen LogP contribution in [0.4, 0.5) is 0 Å². The summed E-state index contributed by atoms with van der Waals surface area (Å²) < 4.78 is 3.09. The number of benzene rings is 3. The van der Waals surface area contributed by atoms with Crippen molar-refractivity contribution < 1.29 is 0 Å². The van der Waals surface area contributed by atoms with Gasteiger partial charge >= 0.3 is 0 Å². The molecule has 0 spiro atoms. The fraction of sp³-hybridized carbons (Fsp3) is 0.448. The minimum Gasteiger partial charge on any atom is -0.316 e. The molecule has 1 fully saturated rings. The summed E-state index contributed by atoms with van der Waals surface area (Å²) in [4.78, 5) is 1.28. The predicted molar refractivity (Wildman–Crippen MR) is 140 cm³/mol. The second-order valence-corrected chi connectivity index (χ2v) is 10.4. The van der Waals surface area contributed by atoms with Crippen molar-refractivity contribution in [3.63, 3.8) is 0 Å². The Morgan fingerprint density at radius 2 is 1.47 bits per heavy atom. The maximum Gasteiger partial charge on any atom is 0.0306 e. The lowest BCUT2D eigenvalue weighted by atomic mass is 9.83. The highest BCUT2D eigenvalue weighted by atomic mass is 32.2. The molecule has 1 saturated carbocycles. The lowest BCUT2D eigenvalue weighted by Gasteiger charge is -2.27. The first kappa shape index (κ1) is 23.4. The molecule has 170 valence electrons. The summed E-state index contributed by atoms with van der Waals surface area (Å²) in [5.74, 6) is 1.82. The summed E-state index contributed by atoms with van der Waals surface area (Å²) in [7, 11) is 1.94. The second-order valence-electron chi connectivity index (χ2n) is 9.32. The van der Waals surface area contributed by atoms with Crippen LogP contribution < -0.4 is 10.0 Å². The van der Waals surface area contributed by atoms with E-state index in [0.717, 1.165) is 11.8 Å². The first-order valence-corrected chi connectivity index (χ1v) is 13.2. The minimum absolute atomic E-state index is 0.860. The molecule has 1 unspecified atom stereocenters. The Bertz CT molecular complexity index is 959. The number of fused-ring (bicyclic) bond motifs is 2. The predicted octanol–water partition coefficient (Wildman–Crippen LogP) is 7.03. The van der Waals surface area contributed by atoms with Gasteiger partial charge in [-0.1, -0.05) is 79.9 Å². The third-order valence-corrected chi connectivity index (χ3v) is 7.78. The van der Waals surface area contributed by atoms with Crippen molar-refractivity contribution in [2.75, 3.05) is 20.1 Å². The van der Waals surface area contributed by atoms with Crippen LogP contribution in [0.1, 0.15) is 49.7 Å². The van der Waals surface area contributed by atoms with Gasteiger partial charge in [-0.2, -0.15) is 0 Å². The van der Waals surface area contributed by atoms with Gasteiger partial charge in [-0.15, -0.1) is 0 Å². The average molecular weight is 447 g/mol. The Morgan fingerprint density at radius 3 is 2.31 bits per heavy atom. The third-order valence-electron chi connectivity index (χ3n) is 7.00. The van der Waals surface area contributed by atoms with Crippen LogP contribution in [-0.4, -0.2) is 20.1 Å². The van der Waals surface area contributed by atoms with Crippen molar-refractivity contribution in [1.29, 1.82) is 0 Å². The number of hydrogen-bond acceptors (Lipinski definition) is 3. The van der Waals surface area contributed by atoms with Crippen LogP contribution >= 0.6 is 11.9 Å². The molecule has 2 N–H and O–H groups in total. The third kappa shape index (κ3) is 6.60. The van der Waals surface area contributed by atoms with Crippen LogP contribution in [-0.2, 0) is 12.8 Å². The molecule has 0 radical (unpaired) electrons. The number of rotatable bonds is 6. The van der Waals surface area contributed by atoms with Crippen molar-refractivity contribution >= 4 is 22.7 Å². The maximum absolute atomic E-state index is 3.76. The first-order chi connectivity index (χ1) is 15.8. The summed E-state index contributed by atoms with van der Waals surface area (Å²) in [6, 6.07) is 23.8. The van der Waals surface area contributed by atoms with Gasteiger partial charge < -0.3 is 5.32 Å². The molecule has 2 nitrogen and oxygen atoms in total. The highest BCUT2D eigenvalue weighted by Gasteiger charge is 2.19. The highest BCUT2D eigenvalue weighted by molar-refractivity contribution is 7.97. The van der Waals surface area contributed by atoms with E-state index in [1.165, 1.54) is 80.1 Å². The molecule has 0 heterocycles. The Hall–Kier alpha value is -1.81. The van der Waals surface area contributed by atoms with Crippen LogP contribution in [0.5, 0.6) is 0 Å². The summed E-state index contributed by atoms with van der Waals surface area (Å²) >= 11 is 1.65. The summed E-state index contributed by atoms with van der Waals surface area (Å²) in [5.41, 5.74) is 3.18. The van der Waals surface area contributed by atoms with E-state index < -0.39 is 0 Å². The Morgan fingerprint density at radius 1 is 0.750 bits per heavy atom. The molecule has 5 rings (SSSR count). The van der Waals surface area contributed by atoms with Crippen molar-refractivity contribution in [2.45, 2.75) is 56.3 Å². The van der Waals surface area contributed by atoms with Gasteiger partial charge in [-0.3, -0.25) is 4.72 Å². The smallest absolute Gasteiger partial charge is 0.0306 e. The van der Waals surface area contributed by atoms with Crippen LogP contribution in [0.25, 0.3) is 10.8 Å². The van der Waals surface area contributed by atoms with Crippen molar-refractivity contribution in [1.82, 2.24) is 10.0 Å². The quantitative estimate of drug-likeness (QED) is 0.398. The fourth-order valence-corrected chi connectivity index (χ4v) is 5.89. The van der Waals surface area contributed by atoms with Gasteiger partial charge in [0.2, 0.25) is 0 Å². The van der Waals surface area contributed by atoms with Gasteiger partial charge in [0, 0.05) is 4.90 Å². The molecule has 3 heteroatoms. The number of hydrogen-bond donors (Lipinski definition) is 2. The van der Waals surface area contributed by atoms with E-state index >= 15 is 0 Å². The van der Waals surface area contributed by atoms with E-state index in [4.69, 9.17) is 0 Å². The lowest BCUT2D eigenvalue weighted by Crippen LogP contribution is -2.31. The second kappa shape index (κ2) is 12.4. The van der Waals surface area contributed by atoms with Crippen molar-refractivity contribution in [3.8, 4) is 0 Å². The highest BCUT2D eigenvalue weighted by Crippen LogP contribution is 2.26. The molecule has 0 saturated heterocycles. The molecule has 32 heavy (non-hydrogen) atoms. The van der Waals surface area contributed by atoms with E-state index in [2.05, 4.69) is 76.8 Å². The summed E-state index contributed by atoms with van der Waals surface area (Å²) in [5, 5.41) is 6.36. The zero-order valence-electron chi connectivity index (χ0n) is 19.5.